The van der Waals surface area contributed by atoms with Gasteiger partial charge in [-0.25, -0.2) is 0 Å². The molecule has 2 unspecified atom stereocenters. The lowest BCUT2D eigenvalue weighted by Gasteiger charge is -2.31. The van der Waals surface area contributed by atoms with E-state index >= 15 is 0 Å². The van der Waals surface area contributed by atoms with Crippen LogP contribution in [0.15, 0.2) is 0 Å². The quantitative estimate of drug-likeness (QED) is 0.745. The Morgan fingerprint density at radius 2 is 1.82 bits per heavy atom. The van der Waals surface area contributed by atoms with Crippen molar-refractivity contribution < 1.29 is 4.79 Å². The van der Waals surface area contributed by atoms with Gasteiger partial charge in [0.05, 0.1) is 10.5 Å². The number of thiocarbonyl (C=S) groups is 1. The summed E-state index contributed by atoms with van der Waals surface area (Å²) in [6.07, 6.45) is 1.21. The van der Waals surface area contributed by atoms with Crippen molar-refractivity contribution in [1.82, 2.24) is 5.32 Å². The van der Waals surface area contributed by atoms with Gasteiger partial charge in [0, 0.05) is 6.42 Å². The first-order chi connectivity index (χ1) is 7.53. The van der Waals surface area contributed by atoms with Crippen LogP contribution >= 0.6 is 12.2 Å². The van der Waals surface area contributed by atoms with Crippen molar-refractivity contribution in [3.05, 3.63) is 0 Å². The van der Waals surface area contributed by atoms with Gasteiger partial charge in [-0.05, 0) is 24.7 Å². The lowest BCUT2D eigenvalue weighted by molar-refractivity contribution is -0.123. The Morgan fingerprint density at radius 3 is 2.12 bits per heavy atom. The highest BCUT2D eigenvalue weighted by Crippen LogP contribution is 2.28. The van der Waals surface area contributed by atoms with Crippen LogP contribution in [0.2, 0.25) is 0 Å². The van der Waals surface area contributed by atoms with Crippen molar-refractivity contribution in [3.63, 3.8) is 0 Å². The molecule has 0 aromatic heterocycles. The van der Waals surface area contributed by atoms with E-state index in [1.165, 1.54) is 0 Å². The van der Waals surface area contributed by atoms with E-state index in [-0.39, 0.29) is 11.3 Å². The third-order valence-corrected chi connectivity index (χ3v) is 4.09. The van der Waals surface area contributed by atoms with Gasteiger partial charge in [-0.1, -0.05) is 46.8 Å². The monoisotopic (exact) mass is 258 g/mol. The molecular weight excluding hydrogens is 232 g/mol. The molecule has 0 spiro atoms. The molecule has 0 fully saturated rings. The molecule has 0 bridgehead atoms. The first-order valence-corrected chi connectivity index (χ1v) is 6.54. The van der Waals surface area contributed by atoms with Crippen LogP contribution in [0, 0.1) is 11.3 Å². The standard InChI is InChI=1S/C13H26N2OS/c1-7-13(6,11(14)17)15-10(16)8-9(2)12(3,4)5/h9H,7-8H2,1-6H3,(H2,14,17)(H,15,16). The normalized spacial score (nSPS) is 17.1. The van der Waals surface area contributed by atoms with Gasteiger partial charge in [-0.2, -0.15) is 0 Å². The Morgan fingerprint density at radius 1 is 1.35 bits per heavy atom. The van der Waals surface area contributed by atoms with E-state index < -0.39 is 5.54 Å². The molecule has 100 valence electrons. The molecule has 0 aromatic rings. The molecule has 0 radical (unpaired) electrons. The highest BCUT2D eigenvalue weighted by atomic mass is 32.1. The predicted octanol–water partition coefficient (Wildman–Crippen LogP) is 2.63. The number of carbonyl (C=O) groups is 1. The van der Waals surface area contributed by atoms with Crippen LogP contribution < -0.4 is 11.1 Å². The van der Waals surface area contributed by atoms with Crippen LogP contribution in [0.3, 0.4) is 0 Å². The summed E-state index contributed by atoms with van der Waals surface area (Å²) >= 11 is 5.00. The van der Waals surface area contributed by atoms with E-state index in [0.29, 0.717) is 23.7 Å². The van der Waals surface area contributed by atoms with E-state index in [0.717, 1.165) is 0 Å². The number of hydrogen-bond acceptors (Lipinski definition) is 2. The smallest absolute Gasteiger partial charge is 0.221 e. The maximum Gasteiger partial charge on any atom is 0.221 e. The zero-order chi connectivity index (χ0) is 13.9. The Labute approximate surface area is 111 Å². The summed E-state index contributed by atoms with van der Waals surface area (Å²) in [6.45, 7) is 12.3. The topological polar surface area (TPSA) is 55.1 Å². The first kappa shape index (κ1) is 16.4. The van der Waals surface area contributed by atoms with Crippen LogP contribution in [0.25, 0.3) is 0 Å². The molecule has 3 N–H and O–H groups in total. The fourth-order valence-electron chi connectivity index (χ4n) is 1.27. The molecule has 0 aromatic carbocycles. The minimum absolute atomic E-state index is 0.0181. The third-order valence-electron chi connectivity index (χ3n) is 3.64. The van der Waals surface area contributed by atoms with E-state index in [1.54, 1.807) is 0 Å². The van der Waals surface area contributed by atoms with E-state index in [1.807, 2.05) is 13.8 Å². The highest BCUT2D eigenvalue weighted by molar-refractivity contribution is 7.80. The number of nitrogens with two attached hydrogens (primary N) is 1. The second kappa shape index (κ2) is 5.80. The maximum atomic E-state index is 12.0. The lowest BCUT2D eigenvalue weighted by atomic mass is 9.80. The van der Waals surface area contributed by atoms with Gasteiger partial charge in [0.15, 0.2) is 0 Å². The maximum absolute atomic E-state index is 12.0. The zero-order valence-electron chi connectivity index (χ0n) is 11.9. The van der Waals surface area contributed by atoms with Gasteiger partial charge in [0.25, 0.3) is 0 Å². The van der Waals surface area contributed by atoms with Crippen molar-refractivity contribution in [1.29, 1.82) is 0 Å². The third kappa shape index (κ3) is 5.02. The molecule has 0 saturated heterocycles. The molecule has 0 saturated carbocycles. The first-order valence-electron chi connectivity index (χ1n) is 6.14. The average molecular weight is 258 g/mol. The number of hydrogen-bond donors (Lipinski definition) is 2. The molecule has 2 atom stereocenters. The van der Waals surface area contributed by atoms with Crippen LogP contribution in [-0.4, -0.2) is 16.4 Å². The number of carbonyl (C=O) groups excluding carboxylic acids is 1. The Bertz CT molecular complexity index is 296. The molecule has 0 rings (SSSR count). The fourth-order valence-corrected chi connectivity index (χ4v) is 1.46. The minimum Gasteiger partial charge on any atom is -0.391 e. The summed E-state index contributed by atoms with van der Waals surface area (Å²) in [4.78, 5) is 12.3. The number of nitrogens with one attached hydrogen (secondary N) is 1. The lowest BCUT2D eigenvalue weighted by Crippen LogP contribution is -2.54. The summed E-state index contributed by atoms with van der Waals surface area (Å²) in [7, 11) is 0. The molecule has 4 heteroatoms. The Hall–Kier alpha value is -0.640. The van der Waals surface area contributed by atoms with Gasteiger partial charge in [0.2, 0.25) is 5.91 Å². The van der Waals surface area contributed by atoms with Gasteiger partial charge in [-0.3, -0.25) is 4.79 Å². The SMILES string of the molecule is CCC(C)(NC(=O)CC(C)C(C)(C)C)C(N)=S. The second-order valence-electron chi connectivity index (χ2n) is 6.07. The summed E-state index contributed by atoms with van der Waals surface area (Å²) in [5.41, 5.74) is 5.23. The van der Waals surface area contributed by atoms with E-state index in [4.69, 9.17) is 18.0 Å². The fraction of sp³-hybridized carbons (Fsp3) is 0.846. The molecule has 3 nitrogen and oxygen atoms in total. The van der Waals surface area contributed by atoms with Gasteiger partial charge < -0.3 is 11.1 Å². The highest BCUT2D eigenvalue weighted by Gasteiger charge is 2.29. The van der Waals surface area contributed by atoms with Crippen LogP contribution in [0.1, 0.15) is 54.4 Å². The zero-order valence-corrected chi connectivity index (χ0v) is 12.7. The largest absolute Gasteiger partial charge is 0.391 e. The van der Waals surface area contributed by atoms with Crippen LogP contribution in [0.5, 0.6) is 0 Å². The van der Waals surface area contributed by atoms with Crippen molar-refractivity contribution in [2.75, 3.05) is 0 Å². The molecule has 1 amide bonds. The Kier molecular flexibility index (Phi) is 5.59. The Balaban J connectivity index is 4.51. The molecule has 0 aliphatic heterocycles. The molecular formula is C13H26N2OS. The summed E-state index contributed by atoms with van der Waals surface area (Å²) in [6, 6.07) is 0. The molecule has 17 heavy (non-hydrogen) atoms. The summed E-state index contributed by atoms with van der Waals surface area (Å²) in [5, 5.41) is 2.94. The summed E-state index contributed by atoms with van der Waals surface area (Å²) < 4.78 is 0. The second-order valence-corrected chi connectivity index (χ2v) is 6.51. The van der Waals surface area contributed by atoms with Gasteiger partial charge in [-0.15, -0.1) is 0 Å². The van der Waals surface area contributed by atoms with Crippen LogP contribution in [-0.2, 0) is 4.79 Å². The average Bonchev–Trinajstić information content (AvgIpc) is 2.15. The predicted molar refractivity (Wildman–Crippen MR) is 76.9 cm³/mol. The molecule has 0 aliphatic carbocycles. The minimum atomic E-state index is -0.565. The summed E-state index contributed by atoms with van der Waals surface area (Å²) in [5.74, 6) is 0.333. The van der Waals surface area contributed by atoms with Crippen molar-refractivity contribution >= 4 is 23.1 Å². The van der Waals surface area contributed by atoms with E-state index in [9.17, 15) is 4.79 Å². The van der Waals surface area contributed by atoms with Crippen molar-refractivity contribution in [3.8, 4) is 0 Å². The molecule has 0 heterocycles. The number of amides is 1. The van der Waals surface area contributed by atoms with Gasteiger partial charge >= 0.3 is 0 Å². The van der Waals surface area contributed by atoms with Crippen molar-refractivity contribution in [2.24, 2.45) is 17.1 Å². The molecule has 0 aliphatic rings. The van der Waals surface area contributed by atoms with E-state index in [2.05, 4.69) is 33.0 Å². The van der Waals surface area contributed by atoms with Gasteiger partial charge in [0.1, 0.15) is 0 Å². The van der Waals surface area contributed by atoms with Crippen molar-refractivity contribution in [2.45, 2.75) is 59.9 Å². The number of rotatable bonds is 5. The van der Waals surface area contributed by atoms with Crippen LogP contribution in [0.4, 0.5) is 0 Å².